The van der Waals surface area contributed by atoms with E-state index in [1.54, 1.807) is 14.2 Å². The van der Waals surface area contributed by atoms with Gasteiger partial charge in [0.15, 0.2) is 11.5 Å². The molecule has 1 heterocycles. The lowest BCUT2D eigenvalue weighted by atomic mass is 10.1. The molecule has 7 nitrogen and oxygen atoms in total. The molecule has 0 spiro atoms. The van der Waals surface area contributed by atoms with Crippen molar-refractivity contribution in [3.63, 3.8) is 0 Å². The highest BCUT2D eigenvalue weighted by atomic mass is 35.5. The number of benzene rings is 3. The fourth-order valence-corrected chi connectivity index (χ4v) is 4.65. The second kappa shape index (κ2) is 13.1. The summed E-state index contributed by atoms with van der Waals surface area (Å²) in [6.07, 6.45) is 1.28. The normalized spacial score (nSPS) is 10.7. The lowest BCUT2D eigenvalue weighted by Crippen LogP contribution is -2.37. The van der Waals surface area contributed by atoms with E-state index >= 15 is 0 Å². The van der Waals surface area contributed by atoms with E-state index in [1.165, 1.54) is 11.5 Å². The number of hydrogen-bond donors (Lipinski definition) is 1. The van der Waals surface area contributed by atoms with E-state index in [2.05, 4.69) is 9.69 Å². The molecule has 0 saturated heterocycles. The van der Waals surface area contributed by atoms with E-state index in [9.17, 15) is 4.79 Å². The quantitative estimate of drug-likeness (QED) is 0.269. The number of methoxy groups -OCH3 is 2. The molecule has 0 unspecified atom stereocenters. The van der Waals surface area contributed by atoms with Crippen LogP contribution in [0.25, 0.3) is 0 Å². The van der Waals surface area contributed by atoms with Gasteiger partial charge in [-0.05, 0) is 47.4 Å². The fourth-order valence-electron chi connectivity index (χ4n) is 3.84. The first-order valence-corrected chi connectivity index (χ1v) is 13.0. The SMILES string of the molecule is COc1ccc(CCNC(=O)CN(Cc2ccccc2)c2nc(Cc3ccc(Cl)cc3)ns2)cc1OC. The van der Waals surface area contributed by atoms with Gasteiger partial charge in [-0.25, -0.2) is 4.98 Å². The molecule has 3 aromatic carbocycles. The molecule has 37 heavy (non-hydrogen) atoms. The number of carbonyl (C=O) groups is 1. The monoisotopic (exact) mass is 536 g/mol. The first kappa shape index (κ1) is 26.4. The van der Waals surface area contributed by atoms with Crippen molar-refractivity contribution in [2.24, 2.45) is 0 Å². The maximum atomic E-state index is 12.9. The summed E-state index contributed by atoms with van der Waals surface area (Å²) < 4.78 is 15.2. The predicted octanol–water partition coefficient (Wildman–Crippen LogP) is 5.17. The molecule has 0 saturated carbocycles. The highest BCUT2D eigenvalue weighted by Crippen LogP contribution is 2.27. The second-order valence-corrected chi connectivity index (χ2v) is 9.59. The molecule has 9 heteroatoms. The summed E-state index contributed by atoms with van der Waals surface area (Å²) in [4.78, 5) is 19.6. The third kappa shape index (κ3) is 7.68. The Morgan fingerprint density at radius 3 is 2.41 bits per heavy atom. The summed E-state index contributed by atoms with van der Waals surface area (Å²) in [7, 11) is 3.22. The number of hydrogen-bond acceptors (Lipinski definition) is 7. The number of amides is 1. The number of anilines is 1. The Labute approximate surface area is 226 Å². The van der Waals surface area contributed by atoms with Crippen molar-refractivity contribution in [1.82, 2.24) is 14.7 Å². The zero-order valence-corrected chi connectivity index (χ0v) is 22.4. The largest absolute Gasteiger partial charge is 0.493 e. The van der Waals surface area contributed by atoms with Crippen LogP contribution in [0.4, 0.5) is 5.13 Å². The van der Waals surface area contributed by atoms with E-state index in [0.717, 1.165) is 16.7 Å². The summed E-state index contributed by atoms with van der Waals surface area (Å²) >= 11 is 7.30. The van der Waals surface area contributed by atoms with Crippen molar-refractivity contribution in [3.8, 4) is 11.5 Å². The van der Waals surface area contributed by atoms with Crippen LogP contribution in [0.1, 0.15) is 22.5 Å². The highest BCUT2D eigenvalue weighted by molar-refractivity contribution is 7.09. The predicted molar refractivity (Wildman–Crippen MR) is 148 cm³/mol. The van der Waals surface area contributed by atoms with Gasteiger partial charge in [-0.3, -0.25) is 4.79 Å². The smallest absolute Gasteiger partial charge is 0.239 e. The first-order chi connectivity index (χ1) is 18.0. The Bertz CT molecular complexity index is 1300. The number of carbonyl (C=O) groups excluding carboxylic acids is 1. The van der Waals surface area contributed by atoms with Crippen LogP contribution in [-0.2, 0) is 24.2 Å². The molecular formula is C28H29ClN4O3S. The zero-order chi connectivity index (χ0) is 26.0. The molecule has 1 aromatic heterocycles. The molecule has 0 atom stereocenters. The molecule has 1 N–H and O–H groups in total. The molecule has 0 bridgehead atoms. The van der Waals surface area contributed by atoms with Crippen LogP contribution in [-0.4, -0.2) is 42.6 Å². The van der Waals surface area contributed by atoms with E-state index in [0.29, 0.717) is 53.4 Å². The molecule has 4 rings (SSSR count). The van der Waals surface area contributed by atoms with Crippen molar-refractivity contribution < 1.29 is 14.3 Å². The van der Waals surface area contributed by atoms with Crippen molar-refractivity contribution >= 4 is 34.2 Å². The van der Waals surface area contributed by atoms with Crippen LogP contribution in [0.3, 0.4) is 0 Å². The van der Waals surface area contributed by atoms with E-state index in [4.69, 9.17) is 26.1 Å². The molecule has 0 aliphatic rings. The van der Waals surface area contributed by atoms with E-state index in [-0.39, 0.29) is 12.5 Å². The van der Waals surface area contributed by atoms with Crippen molar-refractivity contribution in [2.75, 3.05) is 32.2 Å². The standard InChI is InChI=1S/C28H29ClN4O3S/c1-35-24-13-10-21(16-25(24)36-2)14-15-30-27(34)19-33(18-22-6-4-3-5-7-22)28-31-26(32-37-28)17-20-8-11-23(29)12-9-20/h3-13,16H,14-15,17-19H2,1-2H3,(H,30,34). The fraction of sp³-hybridized carbons (Fsp3) is 0.250. The molecule has 4 aromatic rings. The summed E-state index contributed by atoms with van der Waals surface area (Å²) in [5.41, 5.74) is 3.22. The Morgan fingerprint density at radius 2 is 1.68 bits per heavy atom. The summed E-state index contributed by atoms with van der Waals surface area (Å²) in [6.45, 7) is 1.24. The van der Waals surface area contributed by atoms with Gasteiger partial charge in [-0.1, -0.05) is 60.1 Å². The van der Waals surface area contributed by atoms with Gasteiger partial charge in [0.05, 0.1) is 20.8 Å². The third-order valence-electron chi connectivity index (χ3n) is 5.74. The van der Waals surface area contributed by atoms with Crippen molar-refractivity contribution in [2.45, 2.75) is 19.4 Å². The average Bonchev–Trinajstić information content (AvgIpc) is 3.38. The van der Waals surface area contributed by atoms with Gasteiger partial charge in [0.1, 0.15) is 5.82 Å². The highest BCUT2D eigenvalue weighted by Gasteiger charge is 2.17. The van der Waals surface area contributed by atoms with Gasteiger partial charge >= 0.3 is 0 Å². The van der Waals surface area contributed by atoms with Gasteiger partial charge in [-0.15, -0.1) is 0 Å². The molecule has 0 aliphatic carbocycles. The second-order valence-electron chi connectivity index (χ2n) is 8.43. The molecule has 0 aliphatic heterocycles. The minimum Gasteiger partial charge on any atom is -0.493 e. The van der Waals surface area contributed by atoms with Crippen LogP contribution >= 0.6 is 23.1 Å². The van der Waals surface area contributed by atoms with Crippen molar-refractivity contribution in [3.05, 3.63) is 100 Å². The van der Waals surface area contributed by atoms with Gasteiger partial charge in [0.25, 0.3) is 0 Å². The number of rotatable bonds is 12. The minimum absolute atomic E-state index is 0.0779. The molecule has 0 fully saturated rings. The summed E-state index contributed by atoms with van der Waals surface area (Å²) in [5, 5.41) is 4.43. The topological polar surface area (TPSA) is 76.6 Å². The minimum atomic E-state index is -0.0779. The van der Waals surface area contributed by atoms with Crippen LogP contribution in [0.5, 0.6) is 11.5 Å². The van der Waals surface area contributed by atoms with Gasteiger partial charge < -0.3 is 19.7 Å². The first-order valence-electron chi connectivity index (χ1n) is 11.9. The number of aromatic nitrogens is 2. The Morgan fingerprint density at radius 1 is 0.946 bits per heavy atom. The van der Waals surface area contributed by atoms with Crippen molar-refractivity contribution in [1.29, 1.82) is 0 Å². The lowest BCUT2D eigenvalue weighted by Gasteiger charge is -2.21. The Kier molecular flexibility index (Phi) is 9.35. The number of halogens is 1. The van der Waals surface area contributed by atoms with E-state index < -0.39 is 0 Å². The average molecular weight is 537 g/mol. The maximum absolute atomic E-state index is 12.9. The van der Waals surface area contributed by atoms with Gasteiger partial charge in [0, 0.05) is 36.1 Å². The molecule has 1 amide bonds. The molecular weight excluding hydrogens is 508 g/mol. The number of nitrogens with zero attached hydrogens (tertiary/aromatic N) is 3. The van der Waals surface area contributed by atoms with Crippen LogP contribution < -0.4 is 19.7 Å². The van der Waals surface area contributed by atoms with Crippen LogP contribution in [0.2, 0.25) is 5.02 Å². The molecule has 0 radical (unpaired) electrons. The third-order valence-corrected chi connectivity index (χ3v) is 6.80. The number of ether oxygens (including phenoxy) is 2. The van der Waals surface area contributed by atoms with Crippen LogP contribution in [0.15, 0.2) is 72.8 Å². The Balaban J connectivity index is 1.39. The summed E-state index contributed by atoms with van der Waals surface area (Å²) in [5.74, 6) is 1.99. The maximum Gasteiger partial charge on any atom is 0.239 e. The number of nitrogens with one attached hydrogen (secondary N) is 1. The van der Waals surface area contributed by atoms with Crippen LogP contribution in [0, 0.1) is 0 Å². The van der Waals surface area contributed by atoms with E-state index in [1.807, 2.05) is 77.7 Å². The Hall–Kier alpha value is -3.62. The van der Waals surface area contributed by atoms with Gasteiger partial charge in [-0.2, -0.15) is 4.37 Å². The van der Waals surface area contributed by atoms with Gasteiger partial charge in [0.2, 0.25) is 11.0 Å². The zero-order valence-electron chi connectivity index (χ0n) is 20.8. The molecule has 192 valence electrons. The summed E-state index contributed by atoms with van der Waals surface area (Å²) in [6, 6.07) is 23.5. The lowest BCUT2D eigenvalue weighted by molar-refractivity contribution is -0.119.